The highest BCUT2D eigenvalue weighted by atomic mass is 14.3. The second-order valence-corrected chi connectivity index (χ2v) is 5.21. The van der Waals surface area contributed by atoms with Crippen molar-refractivity contribution in [3.63, 3.8) is 0 Å². The van der Waals surface area contributed by atoms with Gasteiger partial charge in [0.15, 0.2) is 0 Å². The van der Waals surface area contributed by atoms with Gasteiger partial charge in [-0.3, -0.25) is 0 Å². The fourth-order valence-electron chi connectivity index (χ4n) is 2.48. The lowest BCUT2D eigenvalue weighted by atomic mass is 9.76. The molecule has 0 heterocycles. The summed E-state index contributed by atoms with van der Waals surface area (Å²) in [6.45, 7) is 13.7. The third-order valence-corrected chi connectivity index (χ3v) is 3.50. The zero-order valence-electron chi connectivity index (χ0n) is 11.1. The van der Waals surface area contributed by atoms with Crippen molar-refractivity contribution < 1.29 is 0 Å². The third-order valence-electron chi connectivity index (χ3n) is 3.50. The van der Waals surface area contributed by atoms with Crippen LogP contribution in [0.15, 0.2) is 12.1 Å². The number of aryl methyl sites for hydroxylation is 3. The van der Waals surface area contributed by atoms with Crippen molar-refractivity contribution in [3.8, 4) is 0 Å². The Balaban J connectivity index is 3.39. The molecule has 0 nitrogen and oxygen atoms in total. The summed E-state index contributed by atoms with van der Waals surface area (Å²) in [5, 5.41) is 0. The summed E-state index contributed by atoms with van der Waals surface area (Å²) in [6.07, 6.45) is 2.34. The predicted molar refractivity (Wildman–Crippen MR) is 68.6 cm³/mol. The van der Waals surface area contributed by atoms with Crippen molar-refractivity contribution in [1.29, 1.82) is 0 Å². The zero-order valence-corrected chi connectivity index (χ0v) is 11.1. The van der Waals surface area contributed by atoms with Crippen molar-refractivity contribution in [2.75, 3.05) is 0 Å². The molecule has 0 N–H and O–H groups in total. The highest BCUT2D eigenvalue weighted by Crippen LogP contribution is 2.33. The van der Waals surface area contributed by atoms with Crippen molar-refractivity contribution in [2.24, 2.45) is 0 Å². The first-order chi connectivity index (χ1) is 6.92. The average molecular weight is 204 g/mol. The molecule has 0 aliphatic carbocycles. The van der Waals surface area contributed by atoms with Gasteiger partial charge in [0.05, 0.1) is 0 Å². The first-order valence-electron chi connectivity index (χ1n) is 6.03. The maximum atomic E-state index is 2.35. The maximum Gasteiger partial charge on any atom is -0.0101 e. The van der Waals surface area contributed by atoms with Crippen LogP contribution < -0.4 is 0 Å². The standard InChI is InChI=1S/C15H24/c1-7-13-10-11(3)9-12(4)14(13)15(5,6)8-2/h9-10H,7-8H2,1-6H3. The van der Waals surface area contributed by atoms with Crippen LogP contribution >= 0.6 is 0 Å². The number of hydrogen-bond donors (Lipinski definition) is 0. The van der Waals surface area contributed by atoms with Crippen LogP contribution in [0.3, 0.4) is 0 Å². The summed E-state index contributed by atoms with van der Waals surface area (Å²) in [5.41, 5.74) is 6.25. The second kappa shape index (κ2) is 4.38. The van der Waals surface area contributed by atoms with E-state index in [1.807, 2.05) is 0 Å². The molecule has 1 rings (SSSR count). The molecular formula is C15H24. The number of hydrogen-bond acceptors (Lipinski definition) is 0. The summed E-state index contributed by atoms with van der Waals surface area (Å²) in [5.74, 6) is 0. The second-order valence-electron chi connectivity index (χ2n) is 5.21. The largest absolute Gasteiger partial charge is 0.0646 e. The van der Waals surface area contributed by atoms with Gasteiger partial charge in [-0.1, -0.05) is 45.4 Å². The van der Waals surface area contributed by atoms with Crippen LogP contribution in [-0.2, 0) is 11.8 Å². The smallest absolute Gasteiger partial charge is 0.0101 e. The zero-order chi connectivity index (χ0) is 11.6. The van der Waals surface area contributed by atoms with Crippen molar-refractivity contribution in [3.05, 3.63) is 34.4 Å². The molecule has 84 valence electrons. The van der Waals surface area contributed by atoms with E-state index in [-0.39, 0.29) is 0 Å². The molecular weight excluding hydrogens is 180 g/mol. The van der Waals surface area contributed by atoms with Gasteiger partial charge in [0.25, 0.3) is 0 Å². The van der Waals surface area contributed by atoms with Crippen molar-refractivity contribution in [1.82, 2.24) is 0 Å². The minimum Gasteiger partial charge on any atom is -0.0646 e. The molecule has 0 bridgehead atoms. The van der Waals surface area contributed by atoms with Crippen LogP contribution in [0.4, 0.5) is 0 Å². The molecule has 0 aromatic heterocycles. The molecule has 0 saturated carbocycles. The summed E-state index contributed by atoms with van der Waals surface area (Å²) in [4.78, 5) is 0. The summed E-state index contributed by atoms with van der Waals surface area (Å²) < 4.78 is 0. The van der Waals surface area contributed by atoms with E-state index in [0.717, 1.165) is 6.42 Å². The van der Waals surface area contributed by atoms with E-state index in [0.29, 0.717) is 5.41 Å². The quantitative estimate of drug-likeness (QED) is 0.677. The Morgan fingerprint density at radius 1 is 1.07 bits per heavy atom. The molecule has 0 saturated heterocycles. The third kappa shape index (κ3) is 2.42. The van der Waals surface area contributed by atoms with E-state index in [1.165, 1.54) is 23.1 Å². The Labute approximate surface area is 94.7 Å². The minimum atomic E-state index is 0.309. The average Bonchev–Trinajstić information content (AvgIpc) is 2.15. The highest BCUT2D eigenvalue weighted by molar-refractivity contribution is 5.42. The first kappa shape index (κ1) is 12.3. The maximum absolute atomic E-state index is 2.35. The van der Waals surface area contributed by atoms with Gasteiger partial charge in [-0.05, 0) is 48.8 Å². The van der Waals surface area contributed by atoms with Gasteiger partial charge in [-0.2, -0.15) is 0 Å². The molecule has 0 aliphatic heterocycles. The van der Waals surface area contributed by atoms with Crippen LogP contribution in [0, 0.1) is 13.8 Å². The Morgan fingerprint density at radius 3 is 2.13 bits per heavy atom. The Morgan fingerprint density at radius 2 is 1.67 bits per heavy atom. The van der Waals surface area contributed by atoms with Gasteiger partial charge in [0, 0.05) is 0 Å². The molecule has 0 unspecified atom stereocenters. The Kier molecular flexibility index (Phi) is 3.59. The van der Waals surface area contributed by atoms with Crippen LogP contribution in [0.1, 0.15) is 56.4 Å². The van der Waals surface area contributed by atoms with Crippen LogP contribution in [-0.4, -0.2) is 0 Å². The highest BCUT2D eigenvalue weighted by Gasteiger charge is 2.22. The normalized spacial score (nSPS) is 11.9. The molecule has 0 fully saturated rings. The Bertz CT molecular complexity index is 345. The van der Waals surface area contributed by atoms with Gasteiger partial charge in [0.2, 0.25) is 0 Å². The fourth-order valence-corrected chi connectivity index (χ4v) is 2.48. The lowest BCUT2D eigenvalue weighted by molar-refractivity contribution is 0.498. The summed E-state index contributed by atoms with van der Waals surface area (Å²) in [7, 11) is 0. The molecule has 1 aromatic rings. The summed E-state index contributed by atoms with van der Waals surface area (Å²) >= 11 is 0. The Hall–Kier alpha value is -0.780. The molecule has 0 aliphatic rings. The molecule has 0 radical (unpaired) electrons. The summed E-state index contributed by atoms with van der Waals surface area (Å²) in [6, 6.07) is 4.66. The minimum absolute atomic E-state index is 0.309. The van der Waals surface area contributed by atoms with Crippen molar-refractivity contribution >= 4 is 0 Å². The van der Waals surface area contributed by atoms with E-state index in [1.54, 1.807) is 5.56 Å². The van der Waals surface area contributed by atoms with Gasteiger partial charge < -0.3 is 0 Å². The lowest BCUT2D eigenvalue weighted by Gasteiger charge is -2.28. The molecule has 0 amide bonds. The van der Waals surface area contributed by atoms with E-state index in [2.05, 4.69) is 53.7 Å². The molecule has 0 heteroatoms. The van der Waals surface area contributed by atoms with E-state index in [9.17, 15) is 0 Å². The SMILES string of the molecule is CCc1cc(C)cc(C)c1C(C)(C)CC. The van der Waals surface area contributed by atoms with Gasteiger partial charge in [-0.15, -0.1) is 0 Å². The lowest BCUT2D eigenvalue weighted by Crippen LogP contribution is -2.19. The number of rotatable bonds is 3. The van der Waals surface area contributed by atoms with Gasteiger partial charge in [0.1, 0.15) is 0 Å². The van der Waals surface area contributed by atoms with Gasteiger partial charge >= 0.3 is 0 Å². The van der Waals surface area contributed by atoms with Crippen molar-refractivity contribution in [2.45, 2.75) is 59.8 Å². The van der Waals surface area contributed by atoms with Crippen LogP contribution in [0.25, 0.3) is 0 Å². The topological polar surface area (TPSA) is 0 Å². The van der Waals surface area contributed by atoms with Crippen LogP contribution in [0.5, 0.6) is 0 Å². The van der Waals surface area contributed by atoms with Gasteiger partial charge in [-0.25, -0.2) is 0 Å². The first-order valence-corrected chi connectivity index (χ1v) is 6.03. The fraction of sp³-hybridized carbons (Fsp3) is 0.600. The molecule has 1 aromatic carbocycles. The van der Waals surface area contributed by atoms with E-state index in [4.69, 9.17) is 0 Å². The monoisotopic (exact) mass is 204 g/mol. The number of benzene rings is 1. The van der Waals surface area contributed by atoms with Crippen LogP contribution in [0.2, 0.25) is 0 Å². The molecule has 0 spiro atoms. The van der Waals surface area contributed by atoms with E-state index < -0.39 is 0 Å². The molecule has 0 atom stereocenters. The molecule has 15 heavy (non-hydrogen) atoms. The van der Waals surface area contributed by atoms with E-state index >= 15 is 0 Å². The predicted octanol–water partition coefficient (Wildman–Crippen LogP) is 4.55.